The molecule has 0 saturated carbocycles. The van der Waals surface area contributed by atoms with Gasteiger partial charge in [-0.3, -0.25) is 9.59 Å². The van der Waals surface area contributed by atoms with Gasteiger partial charge in [0.25, 0.3) is 0 Å². The van der Waals surface area contributed by atoms with Crippen LogP contribution in [-0.4, -0.2) is 33.9 Å². The molecule has 1 rings (SSSR count). The molecule has 0 aromatic heterocycles. The molecule has 0 radical (unpaired) electrons. The molecule has 0 spiro atoms. The molecular formula is C13H12F3NO4S. The van der Waals surface area contributed by atoms with Crippen LogP contribution in [0.25, 0.3) is 0 Å². The molecule has 0 heterocycles. The fourth-order valence-electron chi connectivity index (χ4n) is 1.46. The van der Waals surface area contributed by atoms with E-state index >= 15 is 0 Å². The monoisotopic (exact) mass is 335 g/mol. The maximum absolute atomic E-state index is 12.4. The van der Waals surface area contributed by atoms with Crippen molar-refractivity contribution >= 4 is 28.8 Å². The molecular weight excluding hydrogens is 323 g/mol. The van der Waals surface area contributed by atoms with E-state index in [1.807, 2.05) is 0 Å². The summed E-state index contributed by atoms with van der Waals surface area (Å²) in [5.74, 6) is -2.09. The highest BCUT2D eigenvalue weighted by Gasteiger charge is 2.30. The first-order valence-electron chi connectivity index (χ1n) is 5.95. The second-order valence-corrected chi connectivity index (χ2v) is 5.26. The van der Waals surface area contributed by atoms with E-state index in [2.05, 4.69) is 5.32 Å². The SMILES string of the molecule is CC(=O)NC(CSC(=O)c1ccc(C(F)(F)F)cc1)C(=O)O. The molecule has 2 N–H and O–H groups in total. The first-order chi connectivity index (χ1) is 10.1. The van der Waals surface area contributed by atoms with Gasteiger partial charge in [0, 0.05) is 18.2 Å². The maximum atomic E-state index is 12.4. The molecule has 0 bridgehead atoms. The molecule has 120 valence electrons. The zero-order valence-corrected chi connectivity index (χ0v) is 12.1. The Hall–Kier alpha value is -2.03. The van der Waals surface area contributed by atoms with Crippen molar-refractivity contribution in [2.45, 2.75) is 19.1 Å². The summed E-state index contributed by atoms with van der Waals surface area (Å²) < 4.78 is 37.2. The summed E-state index contributed by atoms with van der Waals surface area (Å²) in [4.78, 5) is 33.5. The van der Waals surface area contributed by atoms with Crippen LogP contribution in [0.5, 0.6) is 0 Å². The average Bonchev–Trinajstić information content (AvgIpc) is 2.41. The molecule has 1 aromatic rings. The predicted octanol–water partition coefficient (Wildman–Crippen LogP) is 2.17. The van der Waals surface area contributed by atoms with Gasteiger partial charge in [-0.05, 0) is 24.3 Å². The highest BCUT2D eigenvalue weighted by molar-refractivity contribution is 8.14. The number of carboxylic acid groups (broad SMARTS) is 1. The van der Waals surface area contributed by atoms with Crippen LogP contribution >= 0.6 is 11.8 Å². The van der Waals surface area contributed by atoms with Crippen molar-refractivity contribution in [2.24, 2.45) is 0 Å². The zero-order valence-electron chi connectivity index (χ0n) is 11.3. The summed E-state index contributed by atoms with van der Waals surface area (Å²) in [7, 11) is 0. The number of alkyl halides is 3. The Morgan fingerprint density at radius 3 is 2.18 bits per heavy atom. The molecule has 1 atom stereocenters. The van der Waals surface area contributed by atoms with Gasteiger partial charge in [0.1, 0.15) is 6.04 Å². The van der Waals surface area contributed by atoms with E-state index < -0.39 is 34.8 Å². The first-order valence-corrected chi connectivity index (χ1v) is 6.94. The van der Waals surface area contributed by atoms with Crippen molar-refractivity contribution in [1.29, 1.82) is 0 Å². The fourth-order valence-corrected chi connectivity index (χ4v) is 2.30. The van der Waals surface area contributed by atoms with Gasteiger partial charge in [0.15, 0.2) is 0 Å². The number of halogens is 3. The highest BCUT2D eigenvalue weighted by atomic mass is 32.2. The molecule has 0 aliphatic heterocycles. The minimum absolute atomic E-state index is 0.0185. The van der Waals surface area contributed by atoms with Gasteiger partial charge in [-0.1, -0.05) is 11.8 Å². The van der Waals surface area contributed by atoms with Crippen LogP contribution < -0.4 is 5.32 Å². The summed E-state index contributed by atoms with van der Waals surface area (Å²) in [6, 6.07) is 2.34. The van der Waals surface area contributed by atoms with Crippen molar-refractivity contribution in [1.82, 2.24) is 5.32 Å². The average molecular weight is 335 g/mol. The third kappa shape index (κ3) is 5.40. The molecule has 1 unspecified atom stereocenters. The Balaban J connectivity index is 2.68. The number of hydrogen-bond acceptors (Lipinski definition) is 4. The van der Waals surface area contributed by atoms with Crippen molar-refractivity contribution in [3.8, 4) is 0 Å². The van der Waals surface area contributed by atoms with E-state index in [1.54, 1.807) is 0 Å². The number of amides is 1. The first kappa shape index (κ1) is 18.0. The van der Waals surface area contributed by atoms with Crippen LogP contribution in [0.4, 0.5) is 13.2 Å². The third-order valence-corrected chi connectivity index (χ3v) is 3.50. The van der Waals surface area contributed by atoms with Crippen LogP contribution in [0, 0.1) is 0 Å². The van der Waals surface area contributed by atoms with Crippen LogP contribution in [-0.2, 0) is 15.8 Å². The molecule has 1 amide bonds. The lowest BCUT2D eigenvalue weighted by molar-refractivity contribution is -0.140. The number of benzene rings is 1. The zero-order chi connectivity index (χ0) is 16.9. The fraction of sp³-hybridized carbons (Fsp3) is 0.308. The molecule has 0 saturated heterocycles. The topological polar surface area (TPSA) is 83.5 Å². The smallest absolute Gasteiger partial charge is 0.416 e. The van der Waals surface area contributed by atoms with Crippen molar-refractivity contribution in [2.75, 3.05) is 5.75 Å². The van der Waals surface area contributed by atoms with E-state index in [0.717, 1.165) is 31.2 Å². The second kappa shape index (κ2) is 7.30. The Labute approximate surface area is 127 Å². The Morgan fingerprint density at radius 1 is 1.23 bits per heavy atom. The number of thioether (sulfide) groups is 1. The van der Waals surface area contributed by atoms with Crippen molar-refractivity contribution in [3.63, 3.8) is 0 Å². The highest BCUT2D eigenvalue weighted by Crippen LogP contribution is 2.29. The Morgan fingerprint density at radius 2 is 1.77 bits per heavy atom. The lowest BCUT2D eigenvalue weighted by atomic mass is 10.1. The van der Waals surface area contributed by atoms with E-state index in [9.17, 15) is 27.6 Å². The van der Waals surface area contributed by atoms with Gasteiger partial charge < -0.3 is 10.4 Å². The maximum Gasteiger partial charge on any atom is 0.416 e. The van der Waals surface area contributed by atoms with Gasteiger partial charge in [-0.25, -0.2) is 4.79 Å². The van der Waals surface area contributed by atoms with E-state index in [1.165, 1.54) is 0 Å². The van der Waals surface area contributed by atoms with Crippen molar-refractivity contribution < 1.29 is 32.7 Å². The Bertz CT molecular complexity index is 572. The van der Waals surface area contributed by atoms with E-state index in [0.29, 0.717) is 11.8 Å². The van der Waals surface area contributed by atoms with Crippen LogP contribution in [0.15, 0.2) is 24.3 Å². The van der Waals surface area contributed by atoms with Crippen LogP contribution in [0.1, 0.15) is 22.8 Å². The summed E-state index contributed by atoms with van der Waals surface area (Å²) >= 11 is 0.606. The molecule has 9 heteroatoms. The number of rotatable bonds is 5. The number of carboxylic acids is 1. The predicted molar refractivity (Wildman–Crippen MR) is 73.5 cm³/mol. The number of hydrogen-bond donors (Lipinski definition) is 2. The van der Waals surface area contributed by atoms with Gasteiger partial charge in [0.05, 0.1) is 5.56 Å². The molecule has 0 fully saturated rings. The Kier molecular flexibility index (Phi) is 5.98. The summed E-state index contributed by atoms with van der Waals surface area (Å²) in [6.45, 7) is 1.14. The largest absolute Gasteiger partial charge is 0.480 e. The second-order valence-electron chi connectivity index (χ2n) is 4.26. The van der Waals surface area contributed by atoms with Gasteiger partial charge >= 0.3 is 12.1 Å². The number of nitrogens with one attached hydrogen (secondary N) is 1. The van der Waals surface area contributed by atoms with Gasteiger partial charge in [0.2, 0.25) is 11.0 Å². The summed E-state index contributed by atoms with van der Waals surface area (Å²) in [5, 5.41) is 10.4. The van der Waals surface area contributed by atoms with Crippen LogP contribution in [0.3, 0.4) is 0 Å². The number of aliphatic carboxylic acids is 1. The van der Waals surface area contributed by atoms with Gasteiger partial charge in [-0.15, -0.1) is 0 Å². The van der Waals surface area contributed by atoms with E-state index in [-0.39, 0.29) is 11.3 Å². The standard InChI is InChI=1S/C13H12F3NO4S/c1-7(18)17-10(11(19)20)6-22-12(21)8-2-4-9(5-3-8)13(14,15)16/h2-5,10H,6H2,1H3,(H,17,18)(H,19,20). The molecule has 1 aromatic carbocycles. The third-order valence-electron chi connectivity index (χ3n) is 2.50. The summed E-state index contributed by atoms with van der Waals surface area (Å²) in [6.07, 6.45) is -4.49. The van der Waals surface area contributed by atoms with Crippen LogP contribution in [0.2, 0.25) is 0 Å². The number of carbonyl (C=O) groups excluding carboxylic acids is 2. The van der Waals surface area contributed by atoms with Crippen molar-refractivity contribution in [3.05, 3.63) is 35.4 Å². The minimum Gasteiger partial charge on any atom is -0.480 e. The molecule has 0 aliphatic rings. The minimum atomic E-state index is -4.49. The van der Waals surface area contributed by atoms with E-state index in [4.69, 9.17) is 5.11 Å². The lowest BCUT2D eigenvalue weighted by Crippen LogP contribution is -2.41. The molecule has 22 heavy (non-hydrogen) atoms. The lowest BCUT2D eigenvalue weighted by Gasteiger charge is -2.12. The van der Waals surface area contributed by atoms with Gasteiger partial charge in [-0.2, -0.15) is 13.2 Å². The molecule has 0 aliphatic carbocycles. The summed E-state index contributed by atoms with van der Waals surface area (Å²) in [5.41, 5.74) is -0.860. The normalized spacial score (nSPS) is 12.5. The number of carbonyl (C=O) groups is 3. The molecule has 5 nitrogen and oxygen atoms in total. The quantitative estimate of drug-likeness (QED) is 0.862.